The Balaban J connectivity index is 1.84. The monoisotopic (exact) mass is 417 g/mol. The molecule has 0 saturated carbocycles. The molecule has 1 aliphatic heterocycles. The van der Waals surface area contributed by atoms with Crippen LogP contribution < -0.4 is 10.3 Å². The molecule has 8 heteroatoms. The fraction of sp³-hybridized carbons (Fsp3) is 0.429. The first kappa shape index (κ1) is 21.1. The summed E-state index contributed by atoms with van der Waals surface area (Å²) in [7, 11) is -3.90. The van der Waals surface area contributed by atoms with Gasteiger partial charge < -0.3 is 9.47 Å². The molecule has 0 bridgehead atoms. The Kier molecular flexibility index (Phi) is 6.12. The zero-order valence-corrected chi connectivity index (χ0v) is 17.8. The van der Waals surface area contributed by atoms with Crippen LogP contribution in [0.25, 0.3) is 0 Å². The van der Waals surface area contributed by atoms with Crippen molar-refractivity contribution in [2.45, 2.75) is 45.1 Å². The van der Waals surface area contributed by atoms with Crippen LogP contribution in [0, 0.1) is 19.8 Å². The highest BCUT2D eigenvalue weighted by molar-refractivity contribution is 7.92. The van der Waals surface area contributed by atoms with Gasteiger partial charge in [-0.25, -0.2) is 8.42 Å². The number of benzene rings is 1. The number of piperidine rings is 1. The molecule has 0 unspecified atom stereocenters. The van der Waals surface area contributed by atoms with Crippen molar-refractivity contribution < 1.29 is 13.2 Å². The van der Waals surface area contributed by atoms with E-state index >= 15 is 0 Å². The molecule has 1 N–H and O–H groups in total. The maximum atomic E-state index is 12.9. The van der Waals surface area contributed by atoms with Crippen LogP contribution in [-0.2, 0) is 21.4 Å². The van der Waals surface area contributed by atoms with Gasteiger partial charge in [0, 0.05) is 18.8 Å². The molecule has 7 nitrogen and oxygen atoms in total. The van der Waals surface area contributed by atoms with Crippen molar-refractivity contribution in [3.63, 3.8) is 0 Å². The van der Waals surface area contributed by atoms with E-state index < -0.39 is 15.6 Å². The largest absolute Gasteiger partial charge is 0.341 e. The van der Waals surface area contributed by atoms with Crippen molar-refractivity contribution in [3.05, 3.63) is 58.0 Å². The number of carbonyl (C=O) groups excluding carboxylic acids is 1. The first-order chi connectivity index (χ1) is 13.7. The molecule has 3 rings (SSSR count). The lowest BCUT2D eigenvalue weighted by Gasteiger charge is -2.31. The number of sulfonamides is 1. The lowest BCUT2D eigenvalue weighted by molar-refractivity contribution is -0.133. The summed E-state index contributed by atoms with van der Waals surface area (Å²) in [5, 5.41) is 0. The Morgan fingerprint density at radius 1 is 1.14 bits per heavy atom. The fourth-order valence-electron chi connectivity index (χ4n) is 3.52. The quantitative estimate of drug-likeness (QED) is 0.810. The van der Waals surface area contributed by atoms with Gasteiger partial charge >= 0.3 is 0 Å². The molecular formula is C21H27N3O4S. The normalized spacial score (nSPS) is 17.2. The van der Waals surface area contributed by atoms with E-state index in [1.165, 1.54) is 22.8 Å². The molecule has 1 aromatic carbocycles. The number of amides is 1. The standard InChI is InChI=1S/C21H27N3O4S/c1-15-6-9-18(10-7-15)29(27,28)22-19-11-8-17(3)24(21(19)26)14-20(25)23-12-4-5-16(2)13-23/h6-11,16,22H,4-5,12-14H2,1-3H3/t16-/m1/s1. The Hall–Kier alpha value is -2.61. The molecule has 1 amide bonds. The third-order valence-electron chi connectivity index (χ3n) is 5.27. The zero-order valence-electron chi connectivity index (χ0n) is 17.0. The summed E-state index contributed by atoms with van der Waals surface area (Å²) in [4.78, 5) is 27.5. The Morgan fingerprint density at radius 3 is 2.48 bits per heavy atom. The van der Waals surface area contributed by atoms with Crippen LogP contribution in [0.1, 0.15) is 31.0 Å². The van der Waals surface area contributed by atoms with E-state index in [2.05, 4.69) is 11.6 Å². The summed E-state index contributed by atoms with van der Waals surface area (Å²) >= 11 is 0. The summed E-state index contributed by atoms with van der Waals surface area (Å²) in [6.07, 6.45) is 2.05. The second kappa shape index (κ2) is 8.41. The number of pyridine rings is 1. The molecule has 1 saturated heterocycles. The summed E-state index contributed by atoms with van der Waals surface area (Å²) in [6.45, 7) is 6.98. The van der Waals surface area contributed by atoms with Gasteiger partial charge in [-0.2, -0.15) is 0 Å². The van der Waals surface area contributed by atoms with Crippen molar-refractivity contribution in [1.29, 1.82) is 0 Å². The highest BCUT2D eigenvalue weighted by atomic mass is 32.2. The maximum Gasteiger partial charge on any atom is 0.275 e. The van der Waals surface area contributed by atoms with Gasteiger partial charge in [0.25, 0.3) is 15.6 Å². The van der Waals surface area contributed by atoms with Gasteiger partial charge in [-0.15, -0.1) is 0 Å². The Bertz CT molecular complexity index is 1060. The molecule has 156 valence electrons. The van der Waals surface area contributed by atoms with E-state index in [-0.39, 0.29) is 23.0 Å². The van der Waals surface area contributed by atoms with Crippen LogP contribution in [-0.4, -0.2) is 36.9 Å². The summed E-state index contributed by atoms with van der Waals surface area (Å²) in [6, 6.07) is 9.45. The molecule has 1 fully saturated rings. The number of carbonyl (C=O) groups is 1. The van der Waals surface area contributed by atoms with Gasteiger partial charge in [0.05, 0.1) is 4.90 Å². The highest BCUT2D eigenvalue weighted by Gasteiger charge is 2.23. The number of rotatable bonds is 5. The predicted octanol–water partition coefficient (Wildman–Crippen LogP) is 2.52. The van der Waals surface area contributed by atoms with Crippen molar-refractivity contribution in [2.24, 2.45) is 5.92 Å². The number of hydrogen-bond acceptors (Lipinski definition) is 4. The van der Waals surface area contributed by atoms with Gasteiger partial charge in [0.15, 0.2) is 0 Å². The first-order valence-corrected chi connectivity index (χ1v) is 11.2. The first-order valence-electron chi connectivity index (χ1n) is 9.75. The molecule has 0 aliphatic carbocycles. The molecule has 0 radical (unpaired) electrons. The molecule has 29 heavy (non-hydrogen) atoms. The number of hydrogen-bond donors (Lipinski definition) is 1. The molecule has 0 spiro atoms. The lowest BCUT2D eigenvalue weighted by atomic mass is 10.0. The second-order valence-corrected chi connectivity index (χ2v) is 9.47. The average Bonchev–Trinajstić information content (AvgIpc) is 2.67. The van der Waals surface area contributed by atoms with Crippen LogP contribution in [0.5, 0.6) is 0 Å². The summed E-state index contributed by atoms with van der Waals surface area (Å²) in [5.41, 5.74) is 0.939. The molecule has 2 heterocycles. The van der Waals surface area contributed by atoms with Gasteiger partial charge in [-0.05, 0) is 56.9 Å². The SMILES string of the molecule is Cc1ccc(S(=O)(=O)Nc2ccc(C)n(CC(=O)N3CCC[C@@H](C)C3)c2=O)cc1. The van der Waals surface area contributed by atoms with Gasteiger partial charge in [0.2, 0.25) is 5.91 Å². The van der Waals surface area contributed by atoms with Crippen molar-refractivity contribution in [2.75, 3.05) is 17.8 Å². The summed E-state index contributed by atoms with van der Waals surface area (Å²) < 4.78 is 29.0. The van der Waals surface area contributed by atoms with Crippen LogP contribution >= 0.6 is 0 Å². The van der Waals surface area contributed by atoms with Crippen molar-refractivity contribution in [1.82, 2.24) is 9.47 Å². The van der Waals surface area contributed by atoms with Crippen LogP contribution in [0.2, 0.25) is 0 Å². The number of nitrogens with zero attached hydrogens (tertiary/aromatic N) is 2. The summed E-state index contributed by atoms with van der Waals surface area (Å²) in [5.74, 6) is 0.318. The predicted molar refractivity (Wildman–Crippen MR) is 112 cm³/mol. The highest BCUT2D eigenvalue weighted by Crippen LogP contribution is 2.17. The molecular weight excluding hydrogens is 390 g/mol. The maximum absolute atomic E-state index is 12.9. The Labute approximate surface area is 171 Å². The van der Waals surface area contributed by atoms with Gasteiger partial charge in [0.1, 0.15) is 12.2 Å². The van der Waals surface area contributed by atoms with Gasteiger partial charge in [-0.1, -0.05) is 24.6 Å². The second-order valence-electron chi connectivity index (χ2n) is 7.79. The molecule has 1 atom stereocenters. The number of nitrogens with one attached hydrogen (secondary N) is 1. The minimum atomic E-state index is -3.90. The molecule has 2 aromatic rings. The third kappa shape index (κ3) is 4.87. The van der Waals surface area contributed by atoms with Crippen LogP contribution in [0.3, 0.4) is 0 Å². The minimum Gasteiger partial charge on any atom is -0.341 e. The van der Waals surface area contributed by atoms with E-state index in [1.54, 1.807) is 30.0 Å². The number of aryl methyl sites for hydroxylation is 2. The topological polar surface area (TPSA) is 88.5 Å². The molecule has 1 aliphatic rings. The smallest absolute Gasteiger partial charge is 0.275 e. The average molecular weight is 418 g/mol. The van der Waals surface area contributed by atoms with Crippen LogP contribution in [0.15, 0.2) is 46.1 Å². The van der Waals surface area contributed by atoms with Crippen molar-refractivity contribution >= 4 is 21.6 Å². The zero-order chi connectivity index (χ0) is 21.2. The van der Waals surface area contributed by atoms with Crippen molar-refractivity contribution in [3.8, 4) is 0 Å². The minimum absolute atomic E-state index is 0.0732. The van der Waals surface area contributed by atoms with E-state index in [4.69, 9.17) is 0 Å². The third-order valence-corrected chi connectivity index (χ3v) is 6.65. The fourth-order valence-corrected chi connectivity index (χ4v) is 4.57. The number of likely N-dealkylation sites (tertiary alicyclic amines) is 1. The number of anilines is 1. The van der Waals surface area contributed by atoms with Crippen LogP contribution in [0.4, 0.5) is 5.69 Å². The number of aromatic nitrogens is 1. The van der Waals surface area contributed by atoms with Gasteiger partial charge in [-0.3, -0.25) is 14.3 Å². The molecule has 1 aromatic heterocycles. The van der Waals surface area contributed by atoms with E-state index in [9.17, 15) is 18.0 Å². The van der Waals surface area contributed by atoms with E-state index in [1.807, 2.05) is 6.92 Å². The lowest BCUT2D eigenvalue weighted by Crippen LogP contribution is -2.42. The van der Waals surface area contributed by atoms with E-state index in [0.29, 0.717) is 24.7 Å². The Morgan fingerprint density at radius 2 is 1.83 bits per heavy atom. The van der Waals surface area contributed by atoms with E-state index in [0.717, 1.165) is 18.4 Å².